The van der Waals surface area contributed by atoms with E-state index in [-0.39, 0.29) is 6.42 Å². The molecule has 0 amide bonds. The molecular weight excluding hydrogens is 180 g/mol. The average molecular weight is 202 g/mol. The maximum absolute atomic E-state index is 10.4. The van der Waals surface area contributed by atoms with Gasteiger partial charge in [0.05, 0.1) is 5.60 Å². The molecule has 3 nitrogen and oxygen atoms in total. The molecule has 3 heteroatoms. The lowest BCUT2D eigenvalue weighted by atomic mass is 9.84. The minimum absolute atomic E-state index is 0.0588. The quantitative estimate of drug-likeness (QED) is 0.666. The molecule has 1 unspecified atom stereocenters. The van der Waals surface area contributed by atoms with Gasteiger partial charge in [0.15, 0.2) is 0 Å². The second-order valence-corrected chi connectivity index (χ2v) is 4.47. The zero-order valence-electron chi connectivity index (χ0n) is 9.42. The zero-order valence-corrected chi connectivity index (χ0v) is 9.42. The molecule has 0 bridgehead atoms. The third-order valence-corrected chi connectivity index (χ3v) is 2.31. The van der Waals surface area contributed by atoms with E-state index in [0.29, 0.717) is 25.2 Å². The van der Waals surface area contributed by atoms with Crippen LogP contribution in [0.5, 0.6) is 0 Å². The van der Waals surface area contributed by atoms with E-state index in [1.807, 2.05) is 20.8 Å². The first-order valence-corrected chi connectivity index (χ1v) is 5.34. The van der Waals surface area contributed by atoms with E-state index >= 15 is 0 Å². The summed E-state index contributed by atoms with van der Waals surface area (Å²) in [6.07, 6.45) is 2.70. The summed E-state index contributed by atoms with van der Waals surface area (Å²) in [6.45, 7) is 6.09. The first-order valence-electron chi connectivity index (χ1n) is 5.34. The number of carboxylic acid groups (broad SMARTS) is 1. The van der Waals surface area contributed by atoms with E-state index < -0.39 is 11.6 Å². The van der Waals surface area contributed by atoms with E-state index in [1.54, 1.807) is 0 Å². The van der Waals surface area contributed by atoms with Crippen molar-refractivity contribution < 1.29 is 15.0 Å². The van der Waals surface area contributed by atoms with Crippen molar-refractivity contribution in [2.45, 2.75) is 58.5 Å². The predicted octanol–water partition coefficient (Wildman–Crippen LogP) is 2.43. The molecule has 0 fully saturated rings. The Bertz CT molecular complexity index is 177. The minimum atomic E-state index is -0.830. The predicted molar refractivity (Wildman–Crippen MR) is 56.2 cm³/mol. The highest BCUT2D eigenvalue weighted by Crippen LogP contribution is 2.27. The molecule has 0 saturated carbocycles. The smallest absolute Gasteiger partial charge is 0.303 e. The SMILES string of the molecule is CCCC(O)(CCC(=O)O)CC(C)C. The van der Waals surface area contributed by atoms with Crippen LogP contribution in [0, 0.1) is 5.92 Å². The Morgan fingerprint density at radius 3 is 2.29 bits per heavy atom. The molecule has 0 radical (unpaired) electrons. The second-order valence-electron chi connectivity index (χ2n) is 4.47. The van der Waals surface area contributed by atoms with Gasteiger partial charge >= 0.3 is 5.97 Å². The van der Waals surface area contributed by atoms with Crippen LogP contribution in [0.3, 0.4) is 0 Å². The van der Waals surface area contributed by atoms with Crippen molar-refractivity contribution in [3.8, 4) is 0 Å². The van der Waals surface area contributed by atoms with E-state index in [9.17, 15) is 9.90 Å². The van der Waals surface area contributed by atoms with Gasteiger partial charge in [-0.3, -0.25) is 4.79 Å². The largest absolute Gasteiger partial charge is 0.481 e. The molecule has 1 atom stereocenters. The highest BCUT2D eigenvalue weighted by molar-refractivity contribution is 5.66. The number of hydrogen-bond donors (Lipinski definition) is 2. The molecular formula is C11H22O3. The maximum atomic E-state index is 10.4. The average Bonchev–Trinajstić information content (AvgIpc) is 2.00. The lowest BCUT2D eigenvalue weighted by Gasteiger charge is -2.29. The van der Waals surface area contributed by atoms with E-state index in [0.717, 1.165) is 6.42 Å². The van der Waals surface area contributed by atoms with Gasteiger partial charge in [0.1, 0.15) is 0 Å². The summed E-state index contributed by atoms with van der Waals surface area (Å²) in [5.41, 5.74) is -0.776. The molecule has 14 heavy (non-hydrogen) atoms. The standard InChI is InChI=1S/C11H22O3/c1-4-6-11(14,8-9(2)3)7-5-10(12)13/h9,14H,4-8H2,1-3H3,(H,12,13). The van der Waals surface area contributed by atoms with Crippen LogP contribution in [0.2, 0.25) is 0 Å². The van der Waals surface area contributed by atoms with E-state index in [1.165, 1.54) is 0 Å². The van der Waals surface area contributed by atoms with E-state index in [2.05, 4.69) is 0 Å². The Morgan fingerprint density at radius 1 is 1.36 bits per heavy atom. The van der Waals surface area contributed by atoms with Gasteiger partial charge in [0, 0.05) is 6.42 Å². The summed E-state index contributed by atoms with van der Waals surface area (Å²) in [5, 5.41) is 18.7. The molecule has 0 aliphatic rings. The fraction of sp³-hybridized carbons (Fsp3) is 0.909. The van der Waals surface area contributed by atoms with E-state index in [4.69, 9.17) is 5.11 Å². The van der Waals surface area contributed by atoms with Crippen LogP contribution in [0.25, 0.3) is 0 Å². The molecule has 84 valence electrons. The van der Waals surface area contributed by atoms with Crippen molar-refractivity contribution in [1.29, 1.82) is 0 Å². The normalized spacial score (nSPS) is 15.5. The van der Waals surface area contributed by atoms with Crippen molar-refractivity contribution in [1.82, 2.24) is 0 Å². The molecule has 0 rings (SSSR count). The van der Waals surface area contributed by atoms with Gasteiger partial charge in [-0.15, -0.1) is 0 Å². The molecule has 2 N–H and O–H groups in total. The maximum Gasteiger partial charge on any atom is 0.303 e. The zero-order chi connectivity index (χ0) is 11.2. The van der Waals surface area contributed by atoms with Crippen LogP contribution in [0.1, 0.15) is 52.9 Å². The number of carbonyl (C=O) groups is 1. The Hall–Kier alpha value is -0.570. The third-order valence-electron chi connectivity index (χ3n) is 2.31. The summed E-state index contributed by atoms with van der Waals surface area (Å²) >= 11 is 0. The number of hydrogen-bond acceptors (Lipinski definition) is 2. The van der Waals surface area contributed by atoms with Gasteiger partial charge in [0.25, 0.3) is 0 Å². The van der Waals surface area contributed by atoms with Crippen LogP contribution >= 0.6 is 0 Å². The molecule has 0 aromatic carbocycles. The van der Waals surface area contributed by atoms with Gasteiger partial charge in [-0.25, -0.2) is 0 Å². The number of aliphatic hydroxyl groups is 1. The monoisotopic (exact) mass is 202 g/mol. The Balaban J connectivity index is 4.15. The van der Waals surface area contributed by atoms with Gasteiger partial charge in [-0.1, -0.05) is 27.2 Å². The van der Waals surface area contributed by atoms with Crippen LogP contribution in [-0.4, -0.2) is 21.8 Å². The molecule has 0 aromatic rings. The molecule has 0 spiro atoms. The Kier molecular flexibility index (Phi) is 5.77. The molecule has 0 saturated heterocycles. The minimum Gasteiger partial charge on any atom is -0.481 e. The number of carboxylic acids is 1. The van der Waals surface area contributed by atoms with Crippen molar-refractivity contribution in [2.75, 3.05) is 0 Å². The fourth-order valence-corrected chi connectivity index (χ4v) is 1.89. The van der Waals surface area contributed by atoms with Crippen LogP contribution in [0.15, 0.2) is 0 Å². The van der Waals surface area contributed by atoms with Gasteiger partial charge in [0.2, 0.25) is 0 Å². The van der Waals surface area contributed by atoms with Crippen molar-refractivity contribution in [2.24, 2.45) is 5.92 Å². The molecule has 0 aromatic heterocycles. The van der Waals surface area contributed by atoms with Gasteiger partial charge < -0.3 is 10.2 Å². The van der Waals surface area contributed by atoms with Crippen molar-refractivity contribution in [3.05, 3.63) is 0 Å². The van der Waals surface area contributed by atoms with Gasteiger partial charge in [-0.2, -0.15) is 0 Å². The van der Waals surface area contributed by atoms with Crippen LogP contribution in [-0.2, 0) is 4.79 Å². The van der Waals surface area contributed by atoms with Gasteiger partial charge in [-0.05, 0) is 25.2 Å². The second kappa shape index (κ2) is 6.02. The van der Waals surface area contributed by atoms with Crippen molar-refractivity contribution >= 4 is 5.97 Å². The summed E-state index contributed by atoms with van der Waals surface area (Å²) < 4.78 is 0. The van der Waals surface area contributed by atoms with Crippen LogP contribution < -0.4 is 0 Å². The number of aliphatic carboxylic acids is 1. The first kappa shape index (κ1) is 13.4. The summed E-state index contributed by atoms with van der Waals surface area (Å²) in [6, 6.07) is 0. The summed E-state index contributed by atoms with van der Waals surface area (Å²) in [5.74, 6) is -0.427. The Morgan fingerprint density at radius 2 is 1.93 bits per heavy atom. The Labute approximate surface area is 86.1 Å². The number of rotatable bonds is 7. The summed E-state index contributed by atoms with van der Waals surface area (Å²) in [7, 11) is 0. The molecule has 0 heterocycles. The topological polar surface area (TPSA) is 57.5 Å². The first-order chi connectivity index (χ1) is 6.39. The third kappa shape index (κ3) is 5.97. The lowest BCUT2D eigenvalue weighted by molar-refractivity contribution is -0.138. The summed E-state index contributed by atoms with van der Waals surface area (Å²) in [4.78, 5) is 10.4. The lowest BCUT2D eigenvalue weighted by Crippen LogP contribution is -2.31. The molecule has 0 aliphatic heterocycles. The highest BCUT2D eigenvalue weighted by Gasteiger charge is 2.27. The highest BCUT2D eigenvalue weighted by atomic mass is 16.4. The van der Waals surface area contributed by atoms with Crippen molar-refractivity contribution in [3.63, 3.8) is 0 Å². The fourth-order valence-electron chi connectivity index (χ4n) is 1.89. The molecule has 0 aliphatic carbocycles. The van der Waals surface area contributed by atoms with Crippen LogP contribution in [0.4, 0.5) is 0 Å².